The highest BCUT2D eigenvalue weighted by Crippen LogP contribution is 2.32. The number of hydrogen-bond acceptors (Lipinski definition) is 4. The summed E-state index contributed by atoms with van der Waals surface area (Å²) in [4.78, 5) is 14.9. The SMILES string of the molecule is CC(C)(C)OC(=O)N(c1ccc(Cl)cc1)C1CCc2c(CI)cccc2C1=S(=O)=O. The van der Waals surface area contributed by atoms with E-state index in [0.29, 0.717) is 29.1 Å². The van der Waals surface area contributed by atoms with Gasteiger partial charge < -0.3 is 4.74 Å². The van der Waals surface area contributed by atoms with E-state index in [4.69, 9.17) is 16.3 Å². The van der Waals surface area contributed by atoms with Crippen LogP contribution in [-0.4, -0.2) is 31.0 Å². The third kappa shape index (κ3) is 5.00. The summed E-state index contributed by atoms with van der Waals surface area (Å²) in [6.07, 6.45) is 0.560. The molecular weight excluding hydrogens is 537 g/mol. The number of alkyl halides is 1. The van der Waals surface area contributed by atoms with Gasteiger partial charge in [0.1, 0.15) is 10.5 Å². The van der Waals surface area contributed by atoms with Gasteiger partial charge >= 0.3 is 6.09 Å². The van der Waals surface area contributed by atoms with Gasteiger partial charge in [0.15, 0.2) is 0 Å². The van der Waals surface area contributed by atoms with Crippen LogP contribution in [0.1, 0.15) is 43.9 Å². The monoisotopic (exact) mass is 559 g/mol. The summed E-state index contributed by atoms with van der Waals surface area (Å²) in [5.41, 5.74) is 2.64. The number of fused-ring (bicyclic) bond motifs is 1. The standard InChI is InChI=1S/C22H23ClINO4S/c1-22(2,3)29-21(26)25(16-9-7-15(23)8-10-16)19-12-11-17-14(13-24)5-4-6-18(17)20(19)30(27)28/h4-10,19H,11-13H2,1-3H3. The smallest absolute Gasteiger partial charge is 0.415 e. The first-order chi connectivity index (χ1) is 14.1. The molecular formula is C22H23ClINO4S. The molecule has 2 aromatic carbocycles. The molecule has 5 nitrogen and oxygen atoms in total. The predicted molar refractivity (Wildman–Crippen MR) is 129 cm³/mol. The number of anilines is 1. The minimum absolute atomic E-state index is 0.212. The molecule has 0 aromatic heterocycles. The Morgan fingerprint density at radius 2 is 1.87 bits per heavy atom. The van der Waals surface area contributed by atoms with E-state index < -0.39 is 28.0 Å². The van der Waals surface area contributed by atoms with Crippen molar-refractivity contribution in [3.8, 4) is 0 Å². The maximum atomic E-state index is 13.2. The van der Waals surface area contributed by atoms with Crippen molar-refractivity contribution in [2.45, 2.75) is 49.7 Å². The highest BCUT2D eigenvalue weighted by Gasteiger charge is 2.37. The minimum Gasteiger partial charge on any atom is -0.443 e. The number of halogens is 2. The van der Waals surface area contributed by atoms with Crippen molar-refractivity contribution in [2.24, 2.45) is 0 Å². The Labute approximate surface area is 197 Å². The molecule has 0 N–H and O–H groups in total. The summed E-state index contributed by atoms with van der Waals surface area (Å²) < 4.78 is 31.2. The molecule has 1 amide bonds. The molecule has 0 radical (unpaired) electrons. The molecule has 0 fully saturated rings. The summed E-state index contributed by atoms with van der Waals surface area (Å²) >= 11 is 8.31. The van der Waals surface area contributed by atoms with E-state index in [2.05, 4.69) is 22.6 Å². The van der Waals surface area contributed by atoms with Gasteiger partial charge in [-0.25, -0.2) is 4.79 Å². The van der Waals surface area contributed by atoms with Crippen LogP contribution in [0.5, 0.6) is 0 Å². The lowest BCUT2D eigenvalue weighted by Crippen LogP contribution is -2.50. The molecule has 0 heterocycles. The maximum absolute atomic E-state index is 13.2. The molecule has 0 saturated heterocycles. The molecule has 1 aliphatic carbocycles. The number of nitrogens with zero attached hydrogens (tertiary/aromatic N) is 1. The molecule has 30 heavy (non-hydrogen) atoms. The Morgan fingerprint density at radius 1 is 1.20 bits per heavy atom. The van der Waals surface area contributed by atoms with Crippen molar-refractivity contribution in [1.29, 1.82) is 0 Å². The van der Waals surface area contributed by atoms with Gasteiger partial charge in [-0.15, -0.1) is 0 Å². The highest BCUT2D eigenvalue weighted by molar-refractivity contribution is 14.1. The normalized spacial score (nSPS) is 16.0. The maximum Gasteiger partial charge on any atom is 0.415 e. The van der Waals surface area contributed by atoms with Crippen LogP contribution in [0.25, 0.3) is 0 Å². The molecule has 160 valence electrons. The fraction of sp³-hybridized carbons (Fsp3) is 0.364. The van der Waals surface area contributed by atoms with Crippen molar-refractivity contribution >= 4 is 61.1 Å². The van der Waals surface area contributed by atoms with E-state index in [0.717, 1.165) is 15.6 Å². The number of benzene rings is 2. The Hall–Kier alpha value is -1.58. The molecule has 2 aromatic rings. The number of carbonyl (C=O) groups is 1. The number of ether oxygens (including phenoxy) is 1. The molecule has 1 atom stereocenters. The quantitative estimate of drug-likeness (QED) is 0.286. The average molecular weight is 560 g/mol. The zero-order chi connectivity index (χ0) is 22.1. The first-order valence-corrected chi connectivity index (χ1v) is 12.5. The van der Waals surface area contributed by atoms with Gasteiger partial charge in [-0.3, -0.25) is 4.90 Å². The zero-order valence-corrected chi connectivity index (χ0v) is 20.7. The van der Waals surface area contributed by atoms with Crippen LogP contribution >= 0.6 is 34.2 Å². The number of carbonyl (C=O) groups excluding carboxylic acids is 1. The lowest BCUT2D eigenvalue weighted by Gasteiger charge is -2.36. The number of amides is 1. The summed E-state index contributed by atoms with van der Waals surface area (Å²) in [5, 5.41) is 0.528. The van der Waals surface area contributed by atoms with Crippen LogP contribution in [0.15, 0.2) is 42.5 Å². The summed E-state index contributed by atoms with van der Waals surface area (Å²) in [6, 6.07) is 11.8. The van der Waals surface area contributed by atoms with E-state index in [1.807, 2.05) is 18.2 Å². The van der Waals surface area contributed by atoms with E-state index in [-0.39, 0.29) is 4.86 Å². The fourth-order valence-corrected chi connectivity index (χ4v) is 5.31. The predicted octanol–water partition coefficient (Wildman–Crippen LogP) is 5.43. The van der Waals surface area contributed by atoms with Crippen LogP contribution in [0, 0.1) is 0 Å². The highest BCUT2D eigenvalue weighted by atomic mass is 127. The molecule has 0 spiro atoms. The second-order valence-electron chi connectivity index (χ2n) is 8.06. The lowest BCUT2D eigenvalue weighted by atomic mass is 9.85. The van der Waals surface area contributed by atoms with Crippen molar-refractivity contribution < 1.29 is 17.9 Å². The van der Waals surface area contributed by atoms with Gasteiger partial charge in [-0.2, -0.15) is 8.42 Å². The Balaban J connectivity index is 2.16. The van der Waals surface area contributed by atoms with Gasteiger partial charge in [0.2, 0.25) is 10.3 Å². The van der Waals surface area contributed by atoms with Crippen LogP contribution < -0.4 is 4.90 Å². The largest absolute Gasteiger partial charge is 0.443 e. The minimum atomic E-state index is -2.50. The molecule has 0 bridgehead atoms. The van der Waals surface area contributed by atoms with Gasteiger partial charge in [0, 0.05) is 15.1 Å². The van der Waals surface area contributed by atoms with Crippen molar-refractivity contribution in [3.05, 3.63) is 64.2 Å². The average Bonchev–Trinajstić information content (AvgIpc) is 2.67. The van der Waals surface area contributed by atoms with Crippen LogP contribution in [0.3, 0.4) is 0 Å². The molecule has 8 heteroatoms. The lowest BCUT2D eigenvalue weighted by molar-refractivity contribution is 0.0573. The van der Waals surface area contributed by atoms with Crippen molar-refractivity contribution in [3.63, 3.8) is 0 Å². The van der Waals surface area contributed by atoms with Gasteiger partial charge in [0.25, 0.3) is 0 Å². The molecule has 1 aliphatic rings. The van der Waals surface area contributed by atoms with Gasteiger partial charge in [0.05, 0.1) is 6.04 Å². The topological polar surface area (TPSA) is 63.7 Å². The summed E-state index contributed by atoms with van der Waals surface area (Å²) in [5.74, 6) is 0. The Morgan fingerprint density at radius 3 is 2.43 bits per heavy atom. The summed E-state index contributed by atoms with van der Waals surface area (Å²) in [6.45, 7) is 5.35. The first kappa shape index (κ1) is 23.1. The van der Waals surface area contributed by atoms with E-state index in [9.17, 15) is 13.2 Å². The second kappa shape index (κ2) is 9.28. The van der Waals surface area contributed by atoms with Crippen molar-refractivity contribution in [1.82, 2.24) is 0 Å². The molecule has 3 rings (SSSR count). The Kier molecular flexibility index (Phi) is 7.14. The third-order valence-electron chi connectivity index (χ3n) is 4.84. The number of hydrogen-bond donors (Lipinski definition) is 0. The number of rotatable bonds is 3. The molecule has 0 aliphatic heterocycles. The van der Waals surface area contributed by atoms with Crippen molar-refractivity contribution in [2.75, 3.05) is 4.90 Å². The molecule has 0 saturated carbocycles. The van der Waals surface area contributed by atoms with E-state index in [1.165, 1.54) is 4.90 Å². The van der Waals surface area contributed by atoms with E-state index >= 15 is 0 Å². The summed E-state index contributed by atoms with van der Waals surface area (Å²) in [7, 11) is -2.50. The first-order valence-electron chi connectivity index (χ1n) is 9.53. The Bertz CT molecular complexity index is 1080. The van der Waals surface area contributed by atoms with Gasteiger partial charge in [-0.1, -0.05) is 52.4 Å². The van der Waals surface area contributed by atoms with Crippen LogP contribution in [0.4, 0.5) is 10.5 Å². The molecule has 1 unspecified atom stereocenters. The second-order valence-corrected chi connectivity index (χ2v) is 10.2. The fourth-order valence-electron chi connectivity index (χ4n) is 3.65. The third-order valence-corrected chi connectivity index (χ3v) is 6.76. The van der Waals surface area contributed by atoms with E-state index in [1.54, 1.807) is 45.0 Å². The van der Waals surface area contributed by atoms with Gasteiger partial charge in [-0.05, 0) is 74.6 Å². The zero-order valence-electron chi connectivity index (χ0n) is 17.0. The van der Waals surface area contributed by atoms with Crippen LogP contribution in [0.2, 0.25) is 5.02 Å². The van der Waals surface area contributed by atoms with Crippen LogP contribution in [-0.2, 0) is 25.9 Å².